The third kappa shape index (κ3) is 4.09. The van der Waals surface area contributed by atoms with Gasteiger partial charge in [-0.15, -0.1) is 11.3 Å². The topological polar surface area (TPSA) is 36.4 Å². The molecule has 0 saturated carbocycles. The quantitative estimate of drug-likeness (QED) is 0.863. The minimum absolute atomic E-state index is 0.186. The van der Waals surface area contributed by atoms with E-state index in [0.717, 1.165) is 23.6 Å². The molecule has 0 radical (unpaired) electrons. The molecule has 1 amide bonds. The molecule has 124 valence electrons. The summed E-state index contributed by atoms with van der Waals surface area (Å²) < 4.78 is 1.18. The number of para-hydroxylation sites is 1. The van der Waals surface area contributed by atoms with Crippen molar-refractivity contribution in [2.75, 3.05) is 26.7 Å². The molecule has 1 aromatic heterocycles. The van der Waals surface area contributed by atoms with Crippen LogP contribution in [-0.2, 0) is 11.3 Å². The van der Waals surface area contributed by atoms with Crippen molar-refractivity contribution in [3.8, 4) is 0 Å². The van der Waals surface area contributed by atoms with Crippen molar-refractivity contribution in [2.45, 2.75) is 26.8 Å². The summed E-state index contributed by atoms with van der Waals surface area (Å²) in [7, 11) is 1.88. The Balaban J connectivity index is 1.58. The molecular formula is C18H25N3OS. The number of likely N-dealkylation sites (N-methyl/N-ethyl adjacent to an activating group) is 1. The van der Waals surface area contributed by atoms with Crippen molar-refractivity contribution in [3.63, 3.8) is 0 Å². The highest BCUT2D eigenvalue weighted by atomic mass is 32.1. The van der Waals surface area contributed by atoms with Gasteiger partial charge in [0.25, 0.3) is 0 Å². The van der Waals surface area contributed by atoms with Crippen LogP contribution < -0.4 is 0 Å². The molecule has 0 unspecified atom stereocenters. The summed E-state index contributed by atoms with van der Waals surface area (Å²) in [5.74, 6) is 1.55. The molecule has 1 aliphatic heterocycles. The second-order valence-corrected chi connectivity index (χ2v) is 8.08. The van der Waals surface area contributed by atoms with Gasteiger partial charge in [0, 0.05) is 20.1 Å². The van der Waals surface area contributed by atoms with Crippen LogP contribution in [-0.4, -0.2) is 47.4 Å². The Morgan fingerprint density at radius 1 is 1.30 bits per heavy atom. The predicted octanol–water partition coefficient (Wildman–Crippen LogP) is 3.23. The molecule has 1 aromatic carbocycles. The number of aromatic nitrogens is 1. The number of benzene rings is 1. The van der Waals surface area contributed by atoms with Crippen molar-refractivity contribution < 1.29 is 4.79 Å². The van der Waals surface area contributed by atoms with Gasteiger partial charge in [0.05, 0.1) is 23.3 Å². The minimum atomic E-state index is 0.186. The molecule has 3 rings (SSSR count). The molecular weight excluding hydrogens is 306 g/mol. The number of hydrogen-bond donors (Lipinski definition) is 0. The van der Waals surface area contributed by atoms with E-state index in [1.54, 1.807) is 11.3 Å². The third-order valence-corrected chi connectivity index (χ3v) is 5.46. The molecule has 1 fully saturated rings. The lowest BCUT2D eigenvalue weighted by Gasteiger charge is -2.35. The highest BCUT2D eigenvalue weighted by Crippen LogP contribution is 2.23. The summed E-state index contributed by atoms with van der Waals surface area (Å²) in [6, 6.07) is 8.12. The molecule has 1 saturated heterocycles. The molecule has 2 heterocycles. The van der Waals surface area contributed by atoms with Crippen LogP contribution in [0.15, 0.2) is 24.3 Å². The van der Waals surface area contributed by atoms with Crippen LogP contribution in [0.25, 0.3) is 10.2 Å². The maximum atomic E-state index is 12.5. The van der Waals surface area contributed by atoms with E-state index in [4.69, 9.17) is 0 Å². The molecule has 4 nitrogen and oxygen atoms in total. The minimum Gasteiger partial charge on any atom is -0.338 e. The number of piperidine rings is 1. The maximum Gasteiger partial charge on any atom is 0.236 e. The summed E-state index contributed by atoms with van der Waals surface area (Å²) in [6.07, 6.45) is 1.27. The number of rotatable bonds is 4. The number of nitrogens with zero attached hydrogens (tertiary/aromatic N) is 3. The van der Waals surface area contributed by atoms with Crippen LogP contribution in [0.4, 0.5) is 0 Å². The van der Waals surface area contributed by atoms with Crippen LogP contribution in [0.5, 0.6) is 0 Å². The lowest BCUT2D eigenvalue weighted by molar-refractivity contribution is -0.132. The van der Waals surface area contributed by atoms with Crippen LogP contribution in [0.2, 0.25) is 0 Å². The Hall–Kier alpha value is -1.46. The summed E-state index contributed by atoms with van der Waals surface area (Å²) in [4.78, 5) is 21.2. The van der Waals surface area contributed by atoms with Gasteiger partial charge < -0.3 is 4.90 Å². The first-order valence-electron chi connectivity index (χ1n) is 8.32. The van der Waals surface area contributed by atoms with E-state index < -0.39 is 0 Å². The van der Waals surface area contributed by atoms with Gasteiger partial charge in [-0.05, 0) is 30.4 Å². The first-order valence-corrected chi connectivity index (χ1v) is 9.13. The number of amides is 1. The smallest absolute Gasteiger partial charge is 0.236 e. The lowest BCUT2D eigenvalue weighted by atomic mass is 9.92. The van der Waals surface area contributed by atoms with Crippen LogP contribution in [0.1, 0.15) is 25.3 Å². The van der Waals surface area contributed by atoms with Gasteiger partial charge in [-0.2, -0.15) is 0 Å². The van der Waals surface area contributed by atoms with E-state index in [1.807, 2.05) is 30.1 Å². The molecule has 0 N–H and O–H groups in total. The van der Waals surface area contributed by atoms with Crippen molar-refractivity contribution in [1.29, 1.82) is 0 Å². The number of fused-ring (bicyclic) bond motifs is 1. The highest BCUT2D eigenvalue weighted by Gasteiger charge is 2.24. The van der Waals surface area contributed by atoms with Crippen molar-refractivity contribution >= 4 is 27.5 Å². The fourth-order valence-corrected chi connectivity index (χ4v) is 4.53. The zero-order valence-electron chi connectivity index (χ0n) is 14.2. The van der Waals surface area contributed by atoms with E-state index in [9.17, 15) is 4.79 Å². The van der Waals surface area contributed by atoms with E-state index in [0.29, 0.717) is 24.9 Å². The largest absolute Gasteiger partial charge is 0.338 e. The Kier molecular flexibility index (Phi) is 4.97. The van der Waals surface area contributed by atoms with E-state index in [1.165, 1.54) is 11.1 Å². The van der Waals surface area contributed by atoms with Crippen molar-refractivity contribution in [3.05, 3.63) is 29.3 Å². The third-order valence-electron chi connectivity index (χ3n) is 4.44. The lowest BCUT2D eigenvalue weighted by Crippen LogP contribution is -2.44. The fourth-order valence-electron chi connectivity index (χ4n) is 3.51. The first-order chi connectivity index (χ1) is 11.0. The molecule has 5 heteroatoms. The summed E-state index contributed by atoms with van der Waals surface area (Å²) in [5.41, 5.74) is 1.02. The zero-order valence-corrected chi connectivity index (χ0v) is 15.0. The van der Waals surface area contributed by atoms with E-state index >= 15 is 0 Å². The molecule has 1 aliphatic rings. The second kappa shape index (κ2) is 6.97. The number of carbonyl (C=O) groups excluding carboxylic acids is 1. The van der Waals surface area contributed by atoms with Gasteiger partial charge in [0.1, 0.15) is 5.01 Å². The summed E-state index contributed by atoms with van der Waals surface area (Å²) in [6.45, 7) is 7.74. The van der Waals surface area contributed by atoms with Crippen molar-refractivity contribution in [2.24, 2.45) is 11.8 Å². The maximum absolute atomic E-state index is 12.5. The van der Waals surface area contributed by atoms with Crippen LogP contribution >= 0.6 is 11.3 Å². The number of hydrogen-bond acceptors (Lipinski definition) is 4. The van der Waals surface area contributed by atoms with E-state index in [-0.39, 0.29) is 5.91 Å². The van der Waals surface area contributed by atoms with Crippen LogP contribution in [0, 0.1) is 11.8 Å². The first kappa shape index (κ1) is 16.4. The molecule has 2 aromatic rings. The van der Waals surface area contributed by atoms with Gasteiger partial charge in [-0.1, -0.05) is 26.0 Å². The summed E-state index contributed by atoms with van der Waals surface area (Å²) >= 11 is 1.67. The standard InChI is InChI=1S/C18H25N3OS/c1-13-8-14(2)10-21(9-13)12-18(22)20(3)11-17-19-15-6-4-5-7-16(15)23-17/h4-7,13-14H,8-12H2,1-3H3/t13-,14+. The van der Waals surface area contributed by atoms with Crippen molar-refractivity contribution in [1.82, 2.24) is 14.8 Å². The zero-order chi connectivity index (χ0) is 16.4. The monoisotopic (exact) mass is 331 g/mol. The normalized spacial score (nSPS) is 22.4. The molecule has 0 bridgehead atoms. The molecule has 23 heavy (non-hydrogen) atoms. The molecule has 2 atom stereocenters. The summed E-state index contributed by atoms with van der Waals surface area (Å²) in [5, 5.41) is 1.00. The highest BCUT2D eigenvalue weighted by molar-refractivity contribution is 7.18. The Labute approximate surface area is 142 Å². The van der Waals surface area contributed by atoms with Gasteiger partial charge in [0.15, 0.2) is 0 Å². The van der Waals surface area contributed by atoms with Gasteiger partial charge in [-0.25, -0.2) is 4.98 Å². The number of thiazole rings is 1. The second-order valence-electron chi connectivity index (χ2n) is 6.97. The molecule has 0 spiro atoms. The number of carbonyl (C=O) groups is 1. The Morgan fingerprint density at radius 2 is 2.00 bits per heavy atom. The molecule has 0 aliphatic carbocycles. The number of likely N-dealkylation sites (tertiary alicyclic amines) is 1. The predicted molar refractivity (Wildman–Crippen MR) is 95.5 cm³/mol. The van der Waals surface area contributed by atoms with Crippen LogP contribution in [0.3, 0.4) is 0 Å². The van der Waals surface area contributed by atoms with Gasteiger partial charge in [-0.3, -0.25) is 9.69 Å². The van der Waals surface area contributed by atoms with Gasteiger partial charge >= 0.3 is 0 Å². The van der Waals surface area contributed by atoms with E-state index in [2.05, 4.69) is 29.8 Å². The Bertz CT molecular complexity index is 641. The SMILES string of the molecule is C[C@@H]1C[C@H](C)CN(CC(=O)N(C)Cc2nc3ccccc3s2)C1. The average molecular weight is 331 g/mol. The van der Waals surface area contributed by atoms with Gasteiger partial charge in [0.2, 0.25) is 5.91 Å². The average Bonchev–Trinajstić information content (AvgIpc) is 2.88. The fraction of sp³-hybridized carbons (Fsp3) is 0.556. The Morgan fingerprint density at radius 3 is 2.70 bits per heavy atom.